The predicted octanol–water partition coefficient (Wildman–Crippen LogP) is 9.04. The fourth-order valence-corrected chi connectivity index (χ4v) is 6.52. The molecule has 5 rings (SSSR count). The summed E-state index contributed by atoms with van der Waals surface area (Å²) in [6.07, 6.45) is 22.0. The maximum atomic E-state index is 13.8. The summed E-state index contributed by atoms with van der Waals surface area (Å²) in [4.78, 5) is 42.7. The van der Waals surface area contributed by atoms with Crippen molar-refractivity contribution < 1.29 is 9.59 Å². The van der Waals surface area contributed by atoms with Crippen molar-refractivity contribution >= 4 is 17.3 Å². The molecule has 2 aromatic heterocycles. The lowest BCUT2D eigenvalue weighted by Gasteiger charge is -2.16. The van der Waals surface area contributed by atoms with E-state index in [1.54, 1.807) is 27.7 Å². The van der Waals surface area contributed by atoms with E-state index in [9.17, 15) is 14.4 Å². The summed E-state index contributed by atoms with van der Waals surface area (Å²) in [7, 11) is 0. The summed E-state index contributed by atoms with van der Waals surface area (Å²) in [5.41, 5.74) is 2.93. The van der Waals surface area contributed by atoms with Crippen LogP contribution in [0.1, 0.15) is 123 Å². The lowest BCUT2D eigenvalue weighted by atomic mass is 10.1. The van der Waals surface area contributed by atoms with Crippen LogP contribution in [0.4, 0.5) is 0 Å². The standard InChI is InChI=1S/C40H50N4O3/c1-2-3-4-5-6-7-8-9-10-11-12-13-14-15-16-23-28-42-30-34-38(40(42)47)43(31-36(45)33-26-21-18-22-27-33)37-29-35(41-44(37)39(34)46)32-24-19-17-20-25-32/h10-11,17-22,24-27,29H,2-9,12-16,23,28,30-31H2,1H3/b11-10-. The third-order valence-corrected chi connectivity index (χ3v) is 9.22. The zero-order valence-electron chi connectivity index (χ0n) is 28.0. The first-order chi connectivity index (χ1) is 23.1. The highest BCUT2D eigenvalue weighted by Crippen LogP contribution is 2.26. The minimum Gasteiger partial charge on any atom is -0.333 e. The second kappa shape index (κ2) is 17.6. The number of fused-ring (bicyclic) bond motifs is 2. The van der Waals surface area contributed by atoms with Crippen LogP contribution in [0.3, 0.4) is 0 Å². The van der Waals surface area contributed by atoms with E-state index in [0.717, 1.165) is 31.2 Å². The van der Waals surface area contributed by atoms with Gasteiger partial charge in [-0.15, -0.1) is 0 Å². The Labute approximate surface area is 279 Å². The van der Waals surface area contributed by atoms with Gasteiger partial charge in [0.15, 0.2) is 5.78 Å². The number of benzene rings is 2. The van der Waals surface area contributed by atoms with E-state index in [2.05, 4.69) is 24.2 Å². The van der Waals surface area contributed by atoms with Gasteiger partial charge in [-0.05, 0) is 32.1 Å². The molecule has 0 atom stereocenters. The smallest absolute Gasteiger partial charge is 0.280 e. The van der Waals surface area contributed by atoms with Crippen LogP contribution in [0.2, 0.25) is 0 Å². The van der Waals surface area contributed by atoms with Gasteiger partial charge in [0.1, 0.15) is 11.3 Å². The number of ketones is 1. The Kier molecular flexibility index (Phi) is 12.8. The summed E-state index contributed by atoms with van der Waals surface area (Å²) in [5, 5.41) is 4.64. The molecular formula is C40H50N4O3. The molecule has 4 aromatic rings. The van der Waals surface area contributed by atoms with Gasteiger partial charge in [0.25, 0.3) is 11.5 Å². The van der Waals surface area contributed by atoms with E-state index >= 15 is 0 Å². The largest absolute Gasteiger partial charge is 0.333 e. The van der Waals surface area contributed by atoms with Crippen molar-refractivity contribution in [2.75, 3.05) is 6.54 Å². The number of Topliss-reactive ketones (excluding diaryl/α,β-unsaturated/α-hetero) is 1. The topological polar surface area (TPSA) is 76.7 Å². The van der Waals surface area contributed by atoms with Gasteiger partial charge in [0.2, 0.25) is 0 Å². The second-order valence-electron chi connectivity index (χ2n) is 12.8. The van der Waals surface area contributed by atoms with Crippen molar-refractivity contribution in [3.05, 3.63) is 106 Å². The van der Waals surface area contributed by atoms with Crippen molar-refractivity contribution in [2.24, 2.45) is 0 Å². The molecule has 0 spiro atoms. The number of rotatable bonds is 20. The fourth-order valence-electron chi connectivity index (χ4n) is 6.52. The molecule has 0 N–H and O–H groups in total. The van der Waals surface area contributed by atoms with E-state index < -0.39 is 0 Å². The minimum atomic E-state index is -0.295. The molecule has 1 amide bonds. The van der Waals surface area contributed by atoms with E-state index in [1.165, 1.54) is 68.7 Å². The number of nitrogens with zero attached hydrogens (tertiary/aromatic N) is 4. The van der Waals surface area contributed by atoms with Crippen LogP contribution in [-0.4, -0.2) is 37.3 Å². The number of aromatic nitrogens is 3. The van der Waals surface area contributed by atoms with Crippen LogP contribution in [0, 0.1) is 0 Å². The Balaban J connectivity index is 1.15. The number of hydrogen-bond donors (Lipinski definition) is 0. The van der Waals surface area contributed by atoms with Crippen LogP contribution in [0.15, 0.2) is 83.7 Å². The fraction of sp³-hybridized carbons (Fsp3) is 0.450. The maximum Gasteiger partial charge on any atom is 0.280 e. The van der Waals surface area contributed by atoms with E-state index in [1.807, 2.05) is 48.5 Å². The third-order valence-electron chi connectivity index (χ3n) is 9.22. The second-order valence-corrected chi connectivity index (χ2v) is 12.8. The first-order valence-corrected chi connectivity index (χ1v) is 17.8. The molecule has 1 aliphatic rings. The molecule has 0 radical (unpaired) electrons. The molecule has 47 heavy (non-hydrogen) atoms. The number of allylic oxidation sites excluding steroid dienone is 2. The normalized spacial score (nSPS) is 12.9. The number of unbranched alkanes of at least 4 members (excludes halogenated alkanes) is 12. The highest BCUT2D eigenvalue weighted by Gasteiger charge is 2.35. The number of hydrogen-bond acceptors (Lipinski definition) is 4. The summed E-state index contributed by atoms with van der Waals surface area (Å²) >= 11 is 0. The molecule has 248 valence electrons. The zero-order chi connectivity index (χ0) is 32.8. The highest BCUT2D eigenvalue weighted by molar-refractivity contribution is 6.00. The van der Waals surface area contributed by atoms with Gasteiger partial charge in [-0.25, -0.2) is 0 Å². The molecule has 0 unspecified atom stereocenters. The molecule has 7 heteroatoms. The Morgan fingerprint density at radius 2 is 1.36 bits per heavy atom. The van der Waals surface area contributed by atoms with E-state index in [-0.39, 0.29) is 30.3 Å². The van der Waals surface area contributed by atoms with E-state index in [0.29, 0.717) is 34.7 Å². The molecule has 2 aromatic carbocycles. The average molecular weight is 635 g/mol. The minimum absolute atomic E-state index is 0.0525. The van der Waals surface area contributed by atoms with Crippen LogP contribution >= 0.6 is 0 Å². The van der Waals surface area contributed by atoms with Gasteiger partial charge in [-0.1, -0.05) is 138 Å². The van der Waals surface area contributed by atoms with Gasteiger partial charge in [0, 0.05) is 23.7 Å². The lowest BCUT2D eigenvalue weighted by Crippen LogP contribution is -2.28. The van der Waals surface area contributed by atoms with Crippen molar-refractivity contribution in [1.82, 2.24) is 19.1 Å². The number of amides is 1. The molecule has 1 aliphatic heterocycles. The van der Waals surface area contributed by atoms with Gasteiger partial charge >= 0.3 is 0 Å². The van der Waals surface area contributed by atoms with Gasteiger partial charge < -0.3 is 9.47 Å². The zero-order valence-corrected chi connectivity index (χ0v) is 28.0. The first-order valence-electron chi connectivity index (χ1n) is 17.8. The number of carbonyl (C=O) groups is 2. The summed E-state index contributed by atoms with van der Waals surface area (Å²) in [6, 6.07) is 20.5. The molecule has 0 saturated heterocycles. The monoisotopic (exact) mass is 634 g/mol. The lowest BCUT2D eigenvalue weighted by molar-refractivity contribution is 0.0767. The molecule has 7 nitrogen and oxygen atoms in total. The van der Waals surface area contributed by atoms with Crippen molar-refractivity contribution in [3.63, 3.8) is 0 Å². The van der Waals surface area contributed by atoms with Crippen molar-refractivity contribution in [1.29, 1.82) is 0 Å². The van der Waals surface area contributed by atoms with Crippen LogP contribution < -0.4 is 5.56 Å². The Morgan fingerprint density at radius 3 is 2.02 bits per heavy atom. The molecule has 3 heterocycles. The molecule has 0 aliphatic carbocycles. The molecule has 0 bridgehead atoms. The Hall–Kier alpha value is -4.26. The maximum absolute atomic E-state index is 13.8. The van der Waals surface area contributed by atoms with Crippen LogP contribution in [0.5, 0.6) is 0 Å². The average Bonchev–Trinajstić information content (AvgIpc) is 3.69. The van der Waals surface area contributed by atoms with E-state index in [4.69, 9.17) is 0 Å². The third kappa shape index (κ3) is 8.97. The van der Waals surface area contributed by atoms with Gasteiger partial charge in [-0.2, -0.15) is 9.61 Å². The van der Waals surface area contributed by atoms with Crippen LogP contribution in [0.25, 0.3) is 16.9 Å². The Morgan fingerprint density at radius 1 is 0.766 bits per heavy atom. The highest BCUT2D eigenvalue weighted by atomic mass is 16.2. The van der Waals surface area contributed by atoms with Gasteiger partial charge in [0.05, 0.1) is 24.3 Å². The van der Waals surface area contributed by atoms with Gasteiger partial charge in [-0.3, -0.25) is 14.4 Å². The molecule has 0 fully saturated rings. The quantitative estimate of drug-likeness (QED) is 0.0552. The van der Waals surface area contributed by atoms with Crippen LogP contribution in [-0.2, 0) is 13.1 Å². The Bertz CT molecular complexity index is 1690. The summed E-state index contributed by atoms with van der Waals surface area (Å²) < 4.78 is 3.06. The predicted molar refractivity (Wildman–Crippen MR) is 190 cm³/mol. The first kappa shape index (κ1) is 34.1. The summed E-state index contributed by atoms with van der Waals surface area (Å²) in [5.74, 6) is -0.311. The number of carbonyl (C=O) groups excluding carboxylic acids is 2. The van der Waals surface area contributed by atoms with Crippen molar-refractivity contribution in [3.8, 4) is 11.3 Å². The molecule has 0 saturated carbocycles. The molecular weight excluding hydrogens is 584 g/mol. The van der Waals surface area contributed by atoms with Crippen molar-refractivity contribution in [2.45, 2.75) is 110 Å². The summed E-state index contributed by atoms with van der Waals surface area (Å²) in [6.45, 7) is 3.05. The SMILES string of the molecule is CCCCCCCCC/C=C\CCCCCCCN1Cc2c(n(CC(=O)c3ccccc3)c3cc(-c4ccccc4)nn3c2=O)C1=O.